The van der Waals surface area contributed by atoms with Crippen molar-refractivity contribution in [2.75, 3.05) is 19.8 Å². The minimum atomic E-state index is -1.78. The molecule has 2 aliphatic heterocycles. The van der Waals surface area contributed by atoms with E-state index in [0.29, 0.717) is 72.4 Å². The summed E-state index contributed by atoms with van der Waals surface area (Å²) in [6.45, 7) is 14.7. The zero-order valence-corrected chi connectivity index (χ0v) is 35.5. The van der Waals surface area contributed by atoms with Gasteiger partial charge in [-0.1, -0.05) is 57.5 Å². The molecule has 0 radical (unpaired) electrons. The summed E-state index contributed by atoms with van der Waals surface area (Å²) in [7, 11) is 0. The van der Waals surface area contributed by atoms with Crippen molar-refractivity contribution in [2.24, 2.45) is 28.9 Å². The van der Waals surface area contributed by atoms with Gasteiger partial charge in [-0.15, -0.1) is 0 Å². The molecule has 5 N–H and O–H groups in total. The van der Waals surface area contributed by atoms with Crippen molar-refractivity contribution in [1.82, 2.24) is 9.97 Å². The summed E-state index contributed by atoms with van der Waals surface area (Å²) in [5, 5.41) is 26.2. The molecule has 0 amide bonds. The van der Waals surface area contributed by atoms with Gasteiger partial charge in [-0.25, -0.2) is 0 Å². The molecule has 3 aromatic rings. The third kappa shape index (κ3) is 8.23. The topological polar surface area (TPSA) is 175 Å². The van der Waals surface area contributed by atoms with Crippen molar-refractivity contribution < 1.29 is 43.5 Å². The Balaban J connectivity index is 1.28. The monoisotopic (exact) mass is 819 g/mol. The molecule has 318 valence electrons. The number of benzene rings is 1. The van der Waals surface area contributed by atoms with E-state index >= 15 is 4.79 Å². The van der Waals surface area contributed by atoms with E-state index in [9.17, 15) is 15.0 Å². The number of nitrogens with one attached hydrogen (secondary N) is 1. The van der Waals surface area contributed by atoms with Crippen LogP contribution in [0.4, 0.5) is 0 Å². The molecule has 2 bridgehead atoms. The van der Waals surface area contributed by atoms with E-state index in [2.05, 4.69) is 54.4 Å². The molecular weight excluding hydrogens is 763 g/mol. The number of carbonyl (C=O) groups is 2. The molecule has 1 aromatic carbocycles. The number of Topliss-reactive ketones (excluding diaryl/α,β-unsaturated/α-hetero) is 2. The minimum absolute atomic E-state index is 0.128. The summed E-state index contributed by atoms with van der Waals surface area (Å²) >= 11 is 0. The third-order valence-electron chi connectivity index (χ3n) is 12.6. The number of ketones is 2. The smallest absolute Gasteiger partial charge is 0.194 e. The van der Waals surface area contributed by atoms with E-state index in [1.165, 1.54) is 6.08 Å². The molecule has 0 saturated carbocycles. The number of allylic oxidation sites excluding steroid dienone is 4. The number of nitrogens with two attached hydrogens (primary N) is 1. The predicted octanol–water partition coefficient (Wildman–Crippen LogP) is 6.10. The molecule has 8 unspecified atom stereocenters. The minimum Gasteiger partial charge on any atom is -0.492 e. The van der Waals surface area contributed by atoms with Gasteiger partial charge in [0.05, 0.1) is 30.1 Å². The quantitative estimate of drug-likeness (QED) is 0.123. The Labute approximate surface area is 351 Å². The Bertz CT molecular complexity index is 2360. The number of aliphatic hydroxyl groups is 2. The van der Waals surface area contributed by atoms with Gasteiger partial charge in [0.25, 0.3) is 0 Å². The van der Waals surface area contributed by atoms with Crippen molar-refractivity contribution in [3.8, 4) is 29.4 Å². The highest BCUT2D eigenvalue weighted by molar-refractivity contribution is 6.16. The van der Waals surface area contributed by atoms with E-state index in [4.69, 9.17) is 29.4 Å². The molecule has 2 saturated heterocycles. The molecule has 12 nitrogen and oxygen atoms in total. The number of aromatic nitrogens is 2. The SMILES string of the molecule is CC/C=C1\C2=C(C)C(=O)C[C@@]1(O)C#C/C=C\C#C[C@@H]2OC1OC(C)C(C)(C(=O)c2nccc3c2[nH]c2ccc(OCCN)cc23)C(O)C1OC1CC(C)C(CC(C)C)CO1. The molecule has 60 heavy (non-hydrogen) atoms. The zero-order chi connectivity index (χ0) is 42.9. The highest BCUT2D eigenvalue weighted by Gasteiger charge is 2.59. The van der Waals surface area contributed by atoms with Gasteiger partial charge in [-0.05, 0) is 98.9 Å². The number of aliphatic hydroxyl groups excluding tert-OH is 1. The maximum atomic E-state index is 15.1. The van der Waals surface area contributed by atoms with Crippen molar-refractivity contribution in [2.45, 2.75) is 117 Å². The number of rotatable bonds is 12. The Morgan fingerprint density at radius 2 is 1.95 bits per heavy atom. The number of aromatic amines is 1. The average molecular weight is 820 g/mol. The lowest BCUT2D eigenvalue weighted by atomic mass is 9.70. The van der Waals surface area contributed by atoms with E-state index < -0.39 is 53.8 Å². The number of pyridine rings is 1. The second kappa shape index (κ2) is 17.8. The van der Waals surface area contributed by atoms with Crippen LogP contribution in [-0.4, -0.2) is 94.1 Å². The number of fused-ring (bicyclic) bond motifs is 5. The largest absolute Gasteiger partial charge is 0.492 e. The maximum Gasteiger partial charge on any atom is 0.194 e. The van der Waals surface area contributed by atoms with Crippen LogP contribution in [-0.2, 0) is 23.7 Å². The van der Waals surface area contributed by atoms with Crippen molar-refractivity contribution in [3.63, 3.8) is 0 Å². The Kier molecular flexibility index (Phi) is 12.9. The molecule has 0 spiro atoms. The van der Waals surface area contributed by atoms with Crippen LogP contribution in [0, 0.1) is 46.9 Å². The first-order chi connectivity index (χ1) is 28.7. The lowest BCUT2D eigenvalue weighted by Crippen LogP contribution is -2.65. The molecular formula is C48H57N3O9. The fraction of sp³-hybridized carbons (Fsp3) is 0.521. The maximum absolute atomic E-state index is 15.1. The van der Waals surface area contributed by atoms with Gasteiger partial charge in [0, 0.05) is 41.0 Å². The Morgan fingerprint density at radius 1 is 1.17 bits per heavy atom. The van der Waals surface area contributed by atoms with Crippen molar-refractivity contribution in [3.05, 3.63) is 71.1 Å². The average Bonchev–Trinajstić information content (AvgIpc) is 3.59. The molecule has 4 heterocycles. The molecule has 4 aliphatic rings. The number of ether oxygens (including phenoxy) is 5. The first kappa shape index (κ1) is 43.5. The summed E-state index contributed by atoms with van der Waals surface area (Å²) in [5.74, 6) is 12.8. The van der Waals surface area contributed by atoms with Gasteiger partial charge in [0.2, 0.25) is 0 Å². The van der Waals surface area contributed by atoms with E-state index in [1.807, 2.05) is 37.3 Å². The van der Waals surface area contributed by atoms with Gasteiger partial charge in [-0.2, -0.15) is 0 Å². The van der Waals surface area contributed by atoms with Gasteiger partial charge < -0.3 is 44.6 Å². The number of H-pyrrole nitrogens is 1. The Hall–Kier alpha value is -4.63. The van der Waals surface area contributed by atoms with Gasteiger partial charge in [0.1, 0.15) is 36.4 Å². The van der Waals surface area contributed by atoms with Gasteiger partial charge in [0.15, 0.2) is 29.7 Å². The lowest BCUT2D eigenvalue weighted by molar-refractivity contribution is -0.339. The van der Waals surface area contributed by atoms with E-state index in [-0.39, 0.29) is 23.8 Å². The lowest BCUT2D eigenvalue weighted by Gasteiger charge is -2.50. The molecule has 2 aliphatic carbocycles. The molecule has 10 atom stereocenters. The van der Waals surface area contributed by atoms with Crippen LogP contribution in [0.1, 0.15) is 84.6 Å². The first-order valence-corrected chi connectivity index (χ1v) is 21.1. The Morgan fingerprint density at radius 3 is 2.68 bits per heavy atom. The number of carbonyl (C=O) groups excluding carboxylic acids is 2. The van der Waals surface area contributed by atoms with Crippen LogP contribution in [0.5, 0.6) is 5.75 Å². The highest BCUT2D eigenvalue weighted by Crippen LogP contribution is 2.46. The summed E-state index contributed by atoms with van der Waals surface area (Å²) < 4.78 is 32.3. The van der Waals surface area contributed by atoms with Crippen LogP contribution in [0.25, 0.3) is 21.8 Å². The summed E-state index contributed by atoms with van der Waals surface area (Å²) in [5.41, 5.74) is 4.89. The van der Waals surface area contributed by atoms with Crippen LogP contribution in [0.2, 0.25) is 0 Å². The predicted molar refractivity (Wildman–Crippen MR) is 227 cm³/mol. The van der Waals surface area contributed by atoms with Crippen molar-refractivity contribution in [1.29, 1.82) is 0 Å². The number of hydrogen-bond donors (Lipinski definition) is 4. The second-order valence-corrected chi connectivity index (χ2v) is 17.2. The second-order valence-electron chi connectivity index (χ2n) is 17.2. The van der Waals surface area contributed by atoms with E-state index in [0.717, 1.165) is 22.7 Å². The van der Waals surface area contributed by atoms with Gasteiger partial charge in [-0.3, -0.25) is 14.6 Å². The fourth-order valence-electron chi connectivity index (χ4n) is 8.99. The molecule has 7 rings (SSSR count). The fourth-order valence-corrected chi connectivity index (χ4v) is 8.99. The summed E-state index contributed by atoms with van der Waals surface area (Å²) in [6.07, 6.45) is 1.43. The number of nitrogens with zero attached hydrogens (tertiary/aromatic N) is 1. The van der Waals surface area contributed by atoms with Crippen LogP contribution < -0.4 is 10.5 Å². The normalized spacial score (nSPS) is 33.0. The standard InChI is InChI=1S/C48H57N3O9/c1-8-13-35-40-29(5)37(52)25-48(35,55)18-12-10-9-11-14-38(40)59-46-43(60-39-23-28(4)31(26-57-39)22-27(2)3)45(54)47(7,30(6)58-46)44(53)42-41-33(17-20-50-42)34-24-32(56-21-19-49)15-16-36(34)51-41/h9-10,13,15-17,20,24,27-28,30-31,38-39,43,45-46,51,54-55H,8,19,21-23,25-26,49H2,1-7H3/b10-9-,35-13+/t28?,30?,31?,38-,39?,43?,45?,46?,47?,48-/m0/s1. The molecule has 12 heteroatoms. The molecule has 2 aromatic heterocycles. The summed E-state index contributed by atoms with van der Waals surface area (Å²) in [6, 6.07) is 7.44. The third-order valence-corrected chi connectivity index (χ3v) is 12.6. The van der Waals surface area contributed by atoms with Crippen molar-refractivity contribution >= 4 is 33.4 Å². The van der Waals surface area contributed by atoms with Gasteiger partial charge >= 0.3 is 0 Å². The van der Waals surface area contributed by atoms with Crippen LogP contribution in [0.15, 0.2) is 65.4 Å². The zero-order valence-electron chi connectivity index (χ0n) is 35.5. The van der Waals surface area contributed by atoms with E-state index in [1.54, 1.807) is 33.0 Å². The number of hydrogen-bond acceptors (Lipinski definition) is 11. The highest BCUT2D eigenvalue weighted by atomic mass is 16.7. The first-order valence-electron chi connectivity index (χ1n) is 21.1. The molecule has 2 fully saturated rings. The summed E-state index contributed by atoms with van der Waals surface area (Å²) in [4.78, 5) is 36.6. The van der Waals surface area contributed by atoms with Crippen LogP contribution >= 0.6 is 0 Å². The van der Waals surface area contributed by atoms with Crippen LogP contribution in [0.3, 0.4) is 0 Å².